The van der Waals surface area contributed by atoms with E-state index >= 15 is 0 Å². The van der Waals surface area contributed by atoms with Crippen LogP contribution in [0.4, 0.5) is 0 Å². The van der Waals surface area contributed by atoms with E-state index in [4.69, 9.17) is 0 Å². The lowest BCUT2D eigenvalue weighted by Gasteiger charge is -2.09. The second-order valence-electron chi connectivity index (χ2n) is 5.61. The SMILES string of the molecule is CC1=C(c2cccc(C)c2)[N+](=[N-])C(c2cccc(C)c2)=C1. The van der Waals surface area contributed by atoms with Crippen molar-refractivity contribution in [1.82, 2.24) is 0 Å². The van der Waals surface area contributed by atoms with Crippen molar-refractivity contribution in [2.45, 2.75) is 20.8 Å². The van der Waals surface area contributed by atoms with Crippen molar-refractivity contribution in [3.63, 3.8) is 0 Å². The predicted molar refractivity (Wildman–Crippen MR) is 86.5 cm³/mol. The normalized spacial score (nSPS) is 14.6. The first-order valence-electron chi connectivity index (χ1n) is 7.12. The molecule has 0 aromatic heterocycles. The van der Waals surface area contributed by atoms with Gasteiger partial charge in [0.15, 0.2) is 0 Å². The first-order valence-corrected chi connectivity index (χ1v) is 7.12. The molecule has 0 N–H and O–H groups in total. The highest BCUT2D eigenvalue weighted by atomic mass is 15.2. The van der Waals surface area contributed by atoms with E-state index in [9.17, 15) is 5.53 Å². The third-order valence-electron chi connectivity index (χ3n) is 3.77. The largest absolute Gasteiger partial charge is 0.493 e. The predicted octanol–water partition coefficient (Wildman–Crippen LogP) is 5.12. The Bertz CT molecular complexity index is 795. The average molecular weight is 274 g/mol. The van der Waals surface area contributed by atoms with Crippen LogP contribution in [-0.4, -0.2) is 4.70 Å². The summed E-state index contributed by atoms with van der Waals surface area (Å²) in [5.41, 5.74) is 17.8. The summed E-state index contributed by atoms with van der Waals surface area (Å²) >= 11 is 0. The summed E-state index contributed by atoms with van der Waals surface area (Å²) in [6, 6.07) is 16.4. The fourth-order valence-electron chi connectivity index (χ4n) is 2.77. The van der Waals surface area contributed by atoms with E-state index in [0.717, 1.165) is 28.1 Å². The van der Waals surface area contributed by atoms with E-state index in [1.807, 2.05) is 37.3 Å². The summed E-state index contributed by atoms with van der Waals surface area (Å²) in [5, 5.41) is 0. The van der Waals surface area contributed by atoms with Crippen LogP contribution < -0.4 is 0 Å². The van der Waals surface area contributed by atoms with Gasteiger partial charge < -0.3 is 5.53 Å². The molecular formula is C19H18N2. The Morgan fingerprint density at radius 3 is 2.00 bits per heavy atom. The van der Waals surface area contributed by atoms with E-state index < -0.39 is 0 Å². The maximum absolute atomic E-state index is 10.6. The molecule has 2 heteroatoms. The average Bonchev–Trinajstić information content (AvgIpc) is 2.74. The quantitative estimate of drug-likeness (QED) is 0.679. The van der Waals surface area contributed by atoms with E-state index in [0.29, 0.717) is 0 Å². The summed E-state index contributed by atoms with van der Waals surface area (Å²) in [7, 11) is 0. The molecule has 0 amide bonds. The Hall–Kier alpha value is -2.48. The number of aryl methyl sites for hydroxylation is 2. The zero-order valence-electron chi connectivity index (χ0n) is 12.6. The monoisotopic (exact) mass is 274 g/mol. The van der Waals surface area contributed by atoms with Crippen molar-refractivity contribution in [2.24, 2.45) is 0 Å². The zero-order valence-corrected chi connectivity index (χ0v) is 12.6. The molecule has 0 fully saturated rings. The summed E-state index contributed by atoms with van der Waals surface area (Å²) < 4.78 is 1.30. The number of nitrogens with zero attached hydrogens (tertiary/aromatic N) is 2. The Kier molecular flexibility index (Phi) is 3.30. The van der Waals surface area contributed by atoms with E-state index in [2.05, 4.69) is 38.1 Å². The summed E-state index contributed by atoms with van der Waals surface area (Å²) in [5.74, 6) is 0. The maximum atomic E-state index is 10.6. The van der Waals surface area contributed by atoms with E-state index in [1.54, 1.807) is 0 Å². The van der Waals surface area contributed by atoms with Gasteiger partial charge in [-0.3, -0.25) is 0 Å². The van der Waals surface area contributed by atoms with Crippen molar-refractivity contribution >= 4 is 11.4 Å². The van der Waals surface area contributed by atoms with Crippen LogP contribution in [0.1, 0.15) is 29.2 Å². The molecule has 0 aliphatic carbocycles. The number of hydrogen-bond acceptors (Lipinski definition) is 0. The van der Waals surface area contributed by atoms with Crippen molar-refractivity contribution in [2.75, 3.05) is 0 Å². The molecule has 2 aromatic rings. The molecule has 0 saturated carbocycles. The van der Waals surface area contributed by atoms with Gasteiger partial charge in [0.1, 0.15) is 0 Å². The number of benzene rings is 2. The highest BCUT2D eigenvalue weighted by Gasteiger charge is 2.26. The number of rotatable bonds is 2. The lowest BCUT2D eigenvalue weighted by Crippen LogP contribution is -2.02. The Morgan fingerprint density at radius 2 is 1.38 bits per heavy atom. The molecule has 1 aliphatic rings. The molecule has 0 spiro atoms. The Balaban J connectivity index is 2.02. The molecule has 0 unspecified atom stereocenters. The van der Waals surface area contributed by atoms with E-state index in [-0.39, 0.29) is 0 Å². The Morgan fingerprint density at radius 1 is 0.810 bits per heavy atom. The molecule has 0 bridgehead atoms. The summed E-state index contributed by atoms with van der Waals surface area (Å²) in [6.07, 6.45) is 2.03. The van der Waals surface area contributed by atoms with E-state index in [1.165, 1.54) is 15.8 Å². The van der Waals surface area contributed by atoms with Crippen LogP contribution in [0.15, 0.2) is 60.2 Å². The second kappa shape index (κ2) is 5.13. The molecule has 0 atom stereocenters. The first kappa shape index (κ1) is 13.5. The number of hydrogen-bond donors (Lipinski definition) is 0. The van der Waals surface area contributed by atoms with Crippen LogP contribution in [-0.2, 0) is 0 Å². The van der Waals surface area contributed by atoms with Crippen LogP contribution in [0.3, 0.4) is 0 Å². The molecule has 2 nitrogen and oxygen atoms in total. The minimum atomic E-state index is 0.827. The van der Waals surface area contributed by atoms with Gasteiger partial charge in [0.2, 0.25) is 11.4 Å². The van der Waals surface area contributed by atoms with Gasteiger partial charge in [0.25, 0.3) is 0 Å². The van der Waals surface area contributed by atoms with Crippen LogP contribution in [0.2, 0.25) is 0 Å². The van der Waals surface area contributed by atoms with Crippen LogP contribution in [0, 0.1) is 13.8 Å². The zero-order chi connectivity index (χ0) is 15.0. The summed E-state index contributed by atoms with van der Waals surface area (Å²) in [6.45, 7) is 6.15. The van der Waals surface area contributed by atoms with Crippen molar-refractivity contribution in [3.05, 3.63) is 88.0 Å². The molecular weight excluding hydrogens is 256 g/mol. The third kappa shape index (κ3) is 2.45. The second-order valence-corrected chi connectivity index (χ2v) is 5.61. The minimum Gasteiger partial charge on any atom is -0.493 e. The highest BCUT2D eigenvalue weighted by molar-refractivity contribution is 5.78. The van der Waals surface area contributed by atoms with Gasteiger partial charge >= 0.3 is 0 Å². The van der Waals surface area contributed by atoms with Crippen LogP contribution in [0.5, 0.6) is 0 Å². The molecule has 21 heavy (non-hydrogen) atoms. The fourth-order valence-corrected chi connectivity index (χ4v) is 2.77. The molecule has 1 heterocycles. The minimum absolute atomic E-state index is 0.827. The Labute approximate surface area is 125 Å². The number of allylic oxidation sites excluding steroid dienone is 2. The lowest BCUT2D eigenvalue weighted by atomic mass is 10.1. The fraction of sp³-hybridized carbons (Fsp3) is 0.158. The van der Waals surface area contributed by atoms with Gasteiger partial charge in [0.05, 0.1) is 0 Å². The van der Waals surface area contributed by atoms with Gasteiger partial charge in [0, 0.05) is 22.8 Å². The molecule has 0 radical (unpaired) electrons. The van der Waals surface area contributed by atoms with Gasteiger partial charge in [-0.05, 0) is 45.0 Å². The van der Waals surface area contributed by atoms with Crippen LogP contribution in [0.25, 0.3) is 16.9 Å². The molecule has 3 rings (SSSR count). The molecule has 1 aliphatic heterocycles. The first-order chi connectivity index (χ1) is 10.1. The van der Waals surface area contributed by atoms with Crippen molar-refractivity contribution < 1.29 is 4.70 Å². The molecule has 2 aromatic carbocycles. The highest BCUT2D eigenvalue weighted by Crippen LogP contribution is 2.35. The summed E-state index contributed by atoms with van der Waals surface area (Å²) in [4.78, 5) is 0. The van der Waals surface area contributed by atoms with Crippen LogP contribution >= 0.6 is 0 Å². The third-order valence-corrected chi connectivity index (χ3v) is 3.77. The van der Waals surface area contributed by atoms with Gasteiger partial charge in [-0.15, -0.1) is 0 Å². The lowest BCUT2D eigenvalue weighted by molar-refractivity contribution is -0.344. The maximum Gasteiger partial charge on any atom is 0.210 e. The molecule has 104 valence electrons. The smallest absolute Gasteiger partial charge is 0.210 e. The van der Waals surface area contributed by atoms with Gasteiger partial charge in [-0.2, -0.15) is 0 Å². The molecule has 0 saturated heterocycles. The standard InChI is InChI=1S/C19H18N2/c1-13-6-4-8-16(10-13)18-12-15(3)19(21(18)20)17-9-5-7-14(2)11-17/h4-12H,1-3H3. The van der Waals surface area contributed by atoms with Crippen molar-refractivity contribution in [3.8, 4) is 0 Å². The topological polar surface area (TPSA) is 25.3 Å². The van der Waals surface area contributed by atoms with Gasteiger partial charge in [-0.25, -0.2) is 4.70 Å². The van der Waals surface area contributed by atoms with Gasteiger partial charge in [-0.1, -0.05) is 35.4 Å². The van der Waals surface area contributed by atoms with Crippen molar-refractivity contribution in [1.29, 1.82) is 0 Å².